The van der Waals surface area contributed by atoms with E-state index in [0.717, 1.165) is 122 Å². The van der Waals surface area contributed by atoms with Gasteiger partial charge in [-0.3, -0.25) is 9.59 Å². The van der Waals surface area contributed by atoms with Gasteiger partial charge in [0.2, 0.25) is 0 Å². The molecule has 0 aromatic heterocycles. The highest BCUT2D eigenvalue weighted by molar-refractivity contribution is 5.70. The first kappa shape index (κ1) is 73.8. The number of hydrogen-bond acceptors (Lipinski definition) is 5. The van der Waals surface area contributed by atoms with Crippen molar-refractivity contribution in [2.45, 2.75) is 290 Å². The van der Waals surface area contributed by atoms with Crippen LogP contribution in [0, 0.1) is 0 Å². The van der Waals surface area contributed by atoms with E-state index in [-0.39, 0.29) is 25.2 Å². The third-order valence-electron chi connectivity index (χ3n) is 13.6. The SMILES string of the molecule is CC/C=C\C/C=C\C/C=C\C/C=C\C/C=C\C/C=C\C/C=C\C/C=C\CCCCCCCCC(=O)OC(CO)COC(=O)CCCCCCCCCCCCCCCCCCCCCC/C=C\C/C=C\C/C=C\C/C=C\CC. The van der Waals surface area contributed by atoms with Crippen molar-refractivity contribution in [3.8, 4) is 0 Å². The molecule has 1 N–H and O–H groups in total. The van der Waals surface area contributed by atoms with Crippen LogP contribution in [0.2, 0.25) is 0 Å². The average Bonchev–Trinajstić information content (AvgIpc) is 3.44. The van der Waals surface area contributed by atoms with E-state index in [2.05, 4.69) is 160 Å². The largest absolute Gasteiger partial charge is 0.462 e. The van der Waals surface area contributed by atoms with Crippen LogP contribution in [0.15, 0.2) is 146 Å². The van der Waals surface area contributed by atoms with Crippen molar-refractivity contribution in [2.24, 2.45) is 0 Å². The number of esters is 2. The molecule has 0 amide bonds. The summed E-state index contributed by atoms with van der Waals surface area (Å²) >= 11 is 0. The summed E-state index contributed by atoms with van der Waals surface area (Å²) in [5, 5.41) is 9.69. The van der Waals surface area contributed by atoms with Crippen molar-refractivity contribution in [1.82, 2.24) is 0 Å². The Balaban J connectivity index is 3.53. The number of ether oxygens (including phenoxy) is 2. The molecule has 0 bridgehead atoms. The van der Waals surface area contributed by atoms with E-state index in [1.165, 1.54) is 135 Å². The maximum atomic E-state index is 12.3. The van der Waals surface area contributed by atoms with Crippen molar-refractivity contribution in [1.29, 1.82) is 0 Å². The summed E-state index contributed by atoms with van der Waals surface area (Å²) in [4.78, 5) is 24.6. The Bertz CT molecular complexity index is 1650. The van der Waals surface area contributed by atoms with Crippen LogP contribution < -0.4 is 0 Å². The zero-order chi connectivity index (χ0) is 56.2. The summed E-state index contributed by atoms with van der Waals surface area (Å²) in [6.45, 7) is 3.91. The highest BCUT2D eigenvalue weighted by atomic mass is 16.6. The number of carbonyl (C=O) groups is 2. The predicted octanol–water partition coefficient (Wildman–Crippen LogP) is 22.5. The second-order valence-corrected chi connectivity index (χ2v) is 21.1. The van der Waals surface area contributed by atoms with E-state index in [1.807, 2.05) is 0 Å². The van der Waals surface area contributed by atoms with Gasteiger partial charge in [0.25, 0.3) is 0 Å². The Kier molecular flexibility index (Phi) is 63.4. The van der Waals surface area contributed by atoms with Crippen LogP contribution >= 0.6 is 0 Å². The molecule has 442 valence electrons. The Labute approximate surface area is 482 Å². The van der Waals surface area contributed by atoms with Gasteiger partial charge >= 0.3 is 11.9 Å². The molecule has 0 aliphatic carbocycles. The van der Waals surface area contributed by atoms with Gasteiger partial charge in [0.05, 0.1) is 6.61 Å². The normalized spacial score (nSPS) is 13.2. The van der Waals surface area contributed by atoms with Crippen molar-refractivity contribution in [2.75, 3.05) is 13.2 Å². The van der Waals surface area contributed by atoms with Crippen molar-refractivity contribution >= 4 is 11.9 Å². The first-order valence-electron chi connectivity index (χ1n) is 32.4. The van der Waals surface area contributed by atoms with Gasteiger partial charge in [0, 0.05) is 12.8 Å². The Hall–Kier alpha value is -4.22. The summed E-state index contributed by atoms with van der Waals surface area (Å²) in [6.07, 6.45) is 101. The zero-order valence-corrected chi connectivity index (χ0v) is 50.6. The van der Waals surface area contributed by atoms with Crippen molar-refractivity contribution in [3.63, 3.8) is 0 Å². The van der Waals surface area contributed by atoms with E-state index in [0.29, 0.717) is 12.8 Å². The Morgan fingerprint density at radius 2 is 0.513 bits per heavy atom. The molecule has 0 fully saturated rings. The fourth-order valence-electron chi connectivity index (χ4n) is 8.86. The number of allylic oxidation sites excluding steroid dienone is 24. The van der Waals surface area contributed by atoms with Crippen LogP contribution in [0.4, 0.5) is 0 Å². The molecule has 0 aromatic carbocycles. The van der Waals surface area contributed by atoms with Gasteiger partial charge in [-0.25, -0.2) is 0 Å². The molecule has 1 atom stereocenters. The highest BCUT2D eigenvalue weighted by Crippen LogP contribution is 2.16. The van der Waals surface area contributed by atoms with Crippen LogP contribution in [0.5, 0.6) is 0 Å². The van der Waals surface area contributed by atoms with Crippen LogP contribution in [0.1, 0.15) is 284 Å². The summed E-state index contributed by atoms with van der Waals surface area (Å²) in [5.41, 5.74) is 0. The van der Waals surface area contributed by atoms with Crippen LogP contribution in [0.3, 0.4) is 0 Å². The van der Waals surface area contributed by atoms with Crippen LogP contribution in [-0.4, -0.2) is 36.4 Å². The Morgan fingerprint density at radius 3 is 0.769 bits per heavy atom. The zero-order valence-electron chi connectivity index (χ0n) is 50.6. The highest BCUT2D eigenvalue weighted by Gasteiger charge is 2.16. The second-order valence-electron chi connectivity index (χ2n) is 21.1. The molecule has 5 nitrogen and oxygen atoms in total. The lowest BCUT2D eigenvalue weighted by molar-refractivity contribution is -0.161. The number of unbranched alkanes of at least 4 members (excludes halogenated alkanes) is 26. The summed E-state index contributed by atoms with van der Waals surface area (Å²) in [7, 11) is 0. The van der Waals surface area contributed by atoms with E-state index in [1.54, 1.807) is 0 Å². The fourth-order valence-corrected chi connectivity index (χ4v) is 8.86. The Morgan fingerprint density at radius 1 is 0.295 bits per heavy atom. The van der Waals surface area contributed by atoms with E-state index in [4.69, 9.17) is 9.47 Å². The van der Waals surface area contributed by atoms with E-state index >= 15 is 0 Å². The molecule has 78 heavy (non-hydrogen) atoms. The number of carbonyl (C=O) groups excluding carboxylic acids is 2. The van der Waals surface area contributed by atoms with Gasteiger partial charge in [-0.05, 0) is 116 Å². The van der Waals surface area contributed by atoms with Crippen molar-refractivity contribution in [3.05, 3.63) is 146 Å². The molecule has 0 heterocycles. The molecule has 0 aliphatic heterocycles. The van der Waals surface area contributed by atoms with Gasteiger partial charge in [0.1, 0.15) is 6.61 Å². The molecular weight excluding hydrogens is 957 g/mol. The average molecular weight is 1080 g/mol. The van der Waals surface area contributed by atoms with Crippen LogP contribution in [-0.2, 0) is 19.1 Å². The summed E-state index contributed by atoms with van der Waals surface area (Å²) in [5.74, 6) is -0.607. The maximum absolute atomic E-state index is 12.3. The first-order chi connectivity index (χ1) is 38.6. The second kappa shape index (κ2) is 67.1. The maximum Gasteiger partial charge on any atom is 0.306 e. The number of hydrogen-bond donors (Lipinski definition) is 1. The standard InChI is InChI=1S/C73H120O5/c1-3-5-7-9-11-13-15-17-19-21-23-25-27-29-31-33-35-36-38-39-41-43-45-47-49-51-53-55-57-59-61-63-65-67-72(75)77-70-71(69-74)78-73(76)68-66-64-62-60-58-56-54-52-50-48-46-44-42-40-37-34-32-30-28-26-24-22-20-18-16-14-12-10-8-6-4-2/h5-8,11-14,17-20,23-26,30,32,37,40,44,46,50,52,71,74H,3-4,9-10,15-16,21-22,27-29,31,33-36,38-39,41-43,45,47-49,51,53-70H2,1-2H3/b7-5-,8-6-,13-11-,14-12-,19-17-,20-18-,25-23-,26-24-,32-30-,40-37-,46-44-,52-50-. The molecule has 5 heteroatoms. The van der Waals surface area contributed by atoms with Gasteiger partial charge < -0.3 is 14.6 Å². The summed E-state index contributed by atoms with van der Waals surface area (Å²) < 4.78 is 10.7. The van der Waals surface area contributed by atoms with Crippen LogP contribution in [0.25, 0.3) is 0 Å². The first-order valence-corrected chi connectivity index (χ1v) is 32.4. The number of aliphatic hydroxyl groups is 1. The van der Waals surface area contributed by atoms with Gasteiger partial charge in [-0.2, -0.15) is 0 Å². The van der Waals surface area contributed by atoms with Crippen molar-refractivity contribution < 1.29 is 24.2 Å². The van der Waals surface area contributed by atoms with E-state index < -0.39 is 6.10 Å². The fraction of sp³-hybridized carbons (Fsp3) is 0.644. The lowest BCUT2D eigenvalue weighted by Gasteiger charge is -2.15. The molecule has 0 saturated heterocycles. The number of rotatable bonds is 58. The molecule has 0 rings (SSSR count). The lowest BCUT2D eigenvalue weighted by atomic mass is 10.0. The summed E-state index contributed by atoms with van der Waals surface area (Å²) in [6, 6.07) is 0. The minimum Gasteiger partial charge on any atom is -0.462 e. The minimum atomic E-state index is -0.790. The third kappa shape index (κ3) is 64.3. The minimum absolute atomic E-state index is 0.0779. The molecule has 1 unspecified atom stereocenters. The van der Waals surface area contributed by atoms with Gasteiger partial charge in [0.15, 0.2) is 6.10 Å². The lowest BCUT2D eigenvalue weighted by Crippen LogP contribution is -2.28. The third-order valence-corrected chi connectivity index (χ3v) is 13.6. The topological polar surface area (TPSA) is 72.8 Å². The molecule has 0 saturated carbocycles. The predicted molar refractivity (Wildman–Crippen MR) is 343 cm³/mol. The molecule has 0 spiro atoms. The quantitative estimate of drug-likeness (QED) is 0.0373. The molecule has 0 radical (unpaired) electrons. The van der Waals surface area contributed by atoms with Gasteiger partial charge in [-0.1, -0.05) is 301 Å². The molecular formula is C73H120O5. The smallest absolute Gasteiger partial charge is 0.306 e. The molecule has 0 aliphatic rings. The van der Waals surface area contributed by atoms with E-state index in [9.17, 15) is 14.7 Å². The molecule has 0 aromatic rings. The van der Waals surface area contributed by atoms with Gasteiger partial charge in [-0.15, -0.1) is 0 Å². The number of aliphatic hydroxyl groups excluding tert-OH is 1. The monoisotopic (exact) mass is 1080 g/mol.